The number of aromatic nitrogens is 2. The van der Waals surface area contributed by atoms with Crippen LogP contribution in [0.1, 0.15) is 5.56 Å². The van der Waals surface area contributed by atoms with Crippen LogP contribution in [0.5, 0.6) is 0 Å². The number of rotatable bonds is 2. The Hall–Kier alpha value is -1.88. The van der Waals surface area contributed by atoms with Crippen molar-refractivity contribution in [3.63, 3.8) is 0 Å². The van der Waals surface area contributed by atoms with Crippen LogP contribution in [0.3, 0.4) is 0 Å². The van der Waals surface area contributed by atoms with Crippen LogP contribution in [0.4, 0.5) is 0 Å². The van der Waals surface area contributed by atoms with Crippen LogP contribution < -0.4 is 17.0 Å². The van der Waals surface area contributed by atoms with Gasteiger partial charge in [0, 0.05) is 20.1 Å². The lowest BCUT2D eigenvalue weighted by Crippen LogP contribution is -2.40. The van der Waals surface area contributed by atoms with Gasteiger partial charge in [0.25, 0.3) is 5.56 Å². The summed E-state index contributed by atoms with van der Waals surface area (Å²) in [6, 6.07) is 5.43. The summed E-state index contributed by atoms with van der Waals surface area (Å²) in [5, 5.41) is 0.556. The molecule has 0 saturated carbocycles. The lowest BCUT2D eigenvalue weighted by Gasteiger charge is -2.11. The van der Waals surface area contributed by atoms with Crippen LogP contribution in [0.25, 0.3) is 10.9 Å². The van der Waals surface area contributed by atoms with E-state index in [0.29, 0.717) is 10.9 Å². The summed E-state index contributed by atoms with van der Waals surface area (Å²) >= 11 is 0. The van der Waals surface area contributed by atoms with Crippen molar-refractivity contribution in [1.82, 2.24) is 9.13 Å². The molecule has 0 atom stereocenters. The van der Waals surface area contributed by atoms with E-state index in [-0.39, 0.29) is 24.3 Å². The maximum Gasteiger partial charge on any atom is 0.331 e. The number of hydrogen-bond donors (Lipinski definition) is 1. The molecule has 2 aromatic rings. The summed E-state index contributed by atoms with van der Waals surface area (Å²) in [6.07, 6.45) is 0. The fourth-order valence-electron chi connectivity index (χ4n) is 2.11. The first-order valence-corrected chi connectivity index (χ1v) is 5.47. The Morgan fingerprint density at radius 3 is 2.65 bits per heavy atom. The second-order valence-corrected chi connectivity index (χ2v) is 4.06. The molecule has 0 aliphatic heterocycles. The molecule has 0 aliphatic rings. The Morgan fingerprint density at radius 1 is 1.29 bits per heavy atom. The van der Waals surface area contributed by atoms with E-state index >= 15 is 0 Å². The van der Waals surface area contributed by atoms with E-state index in [4.69, 9.17) is 5.73 Å². The molecule has 0 spiro atoms. The molecule has 0 unspecified atom stereocenters. The van der Waals surface area contributed by atoms with E-state index in [1.165, 1.54) is 9.13 Å². The number of para-hydroxylation sites is 1. The van der Waals surface area contributed by atoms with Gasteiger partial charge < -0.3 is 5.73 Å². The third kappa shape index (κ3) is 1.68. The molecule has 90 valence electrons. The molecule has 0 fully saturated rings. The Labute approximate surface area is 98.1 Å². The van der Waals surface area contributed by atoms with Crippen molar-refractivity contribution in [2.75, 3.05) is 6.54 Å². The van der Waals surface area contributed by atoms with Crippen molar-refractivity contribution < 1.29 is 0 Å². The minimum Gasteiger partial charge on any atom is -0.329 e. The Balaban J connectivity index is 3.01. The van der Waals surface area contributed by atoms with Crippen LogP contribution in [0.15, 0.2) is 27.8 Å². The minimum absolute atomic E-state index is 0.245. The Morgan fingerprint density at radius 2 is 2.00 bits per heavy atom. The summed E-state index contributed by atoms with van der Waals surface area (Å²) in [4.78, 5) is 24.2. The quantitative estimate of drug-likeness (QED) is 0.791. The number of aryl methyl sites for hydroxylation is 2. The van der Waals surface area contributed by atoms with Crippen molar-refractivity contribution in [2.45, 2.75) is 13.5 Å². The normalized spacial score (nSPS) is 11.0. The van der Waals surface area contributed by atoms with Gasteiger partial charge in [-0.05, 0) is 18.6 Å². The van der Waals surface area contributed by atoms with Gasteiger partial charge in [-0.1, -0.05) is 12.1 Å². The molecule has 0 aliphatic carbocycles. The predicted molar refractivity (Wildman–Crippen MR) is 67.2 cm³/mol. The standard InChI is InChI=1S/C12H15N3O2/c1-8-4-3-5-9-10(8)14(2)12(17)15(7-6-13)11(9)16/h3-5H,6-7,13H2,1-2H3. The maximum absolute atomic E-state index is 12.1. The molecule has 0 amide bonds. The minimum atomic E-state index is -0.317. The first kappa shape index (κ1) is 11.6. The van der Waals surface area contributed by atoms with E-state index in [0.717, 1.165) is 5.56 Å². The predicted octanol–water partition coefficient (Wildman–Crippen LogP) is -0.0327. The van der Waals surface area contributed by atoms with Crippen molar-refractivity contribution >= 4 is 10.9 Å². The summed E-state index contributed by atoms with van der Waals surface area (Å²) in [6.45, 7) is 2.40. The zero-order valence-corrected chi connectivity index (χ0v) is 9.93. The van der Waals surface area contributed by atoms with Crippen LogP contribution in [-0.4, -0.2) is 15.7 Å². The number of hydrogen-bond acceptors (Lipinski definition) is 3. The van der Waals surface area contributed by atoms with E-state index in [2.05, 4.69) is 0 Å². The van der Waals surface area contributed by atoms with Crippen molar-refractivity contribution in [1.29, 1.82) is 0 Å². The number of nitrogens with zero attached hydrogens (tertiary/aromatic N) is 2. The fourth-order valence-corrected chi connectivity index (χ4v) is 2.11. The van der Waals surface area contributed by atoms with Gasteiger partial charge in [-0.15, -0.1) is 0 Å². The molecule has 0 radical (unpaired) electrons. The smallest absolute Gasteiger partial charge is 0.329 e. The van der Waals surface area contributed by atoms with Crippen molar-refractivity contribution in [2.24, 2.45) is 12.8 Å². The van der Waals surface area contributed by atoms with Crippen LogP contribution in [0.2, 0.25) is 0 Å². The highest BCUT2D eigenvalue weighted by Crippen LogP contribution is 2.11. The second-order valence-electron chi connectivity index (χ2n) is 4.06. The lowest BCUT2D eigenvalue weighted by molar-refractivity contribution is 0.613. The van der Waals surface area contributed by atoms with Gasteiger partial charge in [-0.2, -0.15) is 0 Å². The van der Waals surface area contributed by atoms with Gasteiger partial charge in [0.15, 0.2) is 0 Å². The van der Waals surface area contributed by atoms with E-state index in [1.807, 2.05) is 19.1 Å². The van der Waals surface area contributed by atoms with Crippen molar-refractivity contribution in [3.8, 4) is 0 Å². The highest BCUT2D eigenvalue weighted by atomic mass is 16.2. The number of nitrogens with two attached hydrogens (primary N) is 1. The average Bonchev–Trinajstić information content (AvgIpc) is 2.31. The zero-order valence-electron chi connectivity index (χ0n) is 9.93. The van der Waals surface area contributed by atoms with Gasteiger partial charge >= 0.3 is 5.69 Å². The van der Waals surface area contributed by atoms with Gasteiger partial charge in [-0.3, -0.25) is 13.9 Å². The van der Waals surface area contributed by atoms with Crippen LogP contribution >= 0.6 is 0 Å². The summed E-state index contributed by atoms with van der Waals surface area (Å²) < 4.78 is 2.68. The molecule has 1 heterocycles. The van der Waals surface area contributed by atoms with Gasteiger partial charge in [0.1, 0.15) is 0 Å². The van der Waals surface area contributed by atoms with Gasteiger partial charge in [0.2, 0.25) is 0 Å². The molecule has 1 aromatic heterocycles. The number of fused-ring (bicyclic) bond motifs is 1. The van der Waals surface area contributed by atoms with E-state index in [9.17, 15) is 9.59 Å². The van der Waals surface area contributed by atoms with Gasteiger partial charge in [-0.25, -0.2) is 4.79 Å². The third-order valence-electron chi connectivity index (χ3n) is 2.92. The monoisotopic (exact) mass is 233 g/mol. The second kappa shape index (κ2) is 4.18. The molecule has 0 bridgehead atoms. The van der Waals surface area contributed by atoms with Crippen LogP contribution in [-0.2, 0) is 13.6 Å². The average molecular weight is 233 g/mol. The summed E-state index contributed by atoms with van der Waals surface area (Å²) in [7, 11) is 1.67. The maximum atomic E-state index is 12.1. The van der Waals surface area contributed by atoms with Crippen molar-refractivity contribution in [3.05, 3.63) is 44.6 Å². The largest absolute Gasteiger partial charge is 0.331 e. The van der Waals surface area contributed by atoms with Crippen LogP contribution in [0, 0.1) is 6.92 Å². The molecule has 0 saturated heterocycles. The molecule has 1 aromatic carbocycles. The Kier molecular flexibility index (Phi) is 2.85. The molecule has 5 heteroatoms. The lowest BCUT2D eigenvalue weighted by atomic mass is 10.1. The molecule has 2 N–H and O–H groups in total. The molecule has 5 nitrogen and oxygen atoms in total. The summed E-state index contributed by atoms with van der Waals surface area (Å²) in [5.74, 6) is 0. The summed E-state index contributed by atoms with van der Waals surface area (Å²) in [5.41, 5.74) is 6.44. The first-order valence-electron chi connectivity index (χ1n) is 5.47. The van der Waals surface area contributed by atoms with Gasteiger partial charge in [0.05, 0.1) is 10.9 Å². The number of benzene rings is 1. The highest BCUT2D eigenvalue weighted by molar-refractivity contribution is 5.81. The molecule has 2 rings (SSSR count). The Bertz CT molecular complexity index is 682. The van der Waals surface area contributed by atoms with E-state index in [1.54, 1.807) is 13.1 Å². The molecule has 17 heavy (non-hydrogen) atoms. The first-order chi connectivity index (χ1) is 8.07. The van der Waals surface area contributed by atoms with E-state index < -0.39 is 0 Å². The SMILES string of the molecule is Cc1cccc2c(=O)n(CCN)c(=O)n(C)c12. The fraction of sp³-hybridized carbons (Fsp3) is 0.333. The highest BCUT2D eigenvalue weighted by Gasteiger charge is 2.11. The topological polar surface area (TPSA) is 70.0 Å². The molecular formula is C12H15N3O2. The third-order valence-corrected chi connectivity index (χ3v) is 2.92. The molecular weight excluding hydrogens is 218 g/mol. The zero-order chi connectivity index (χ0) is 12.6.